The number of benzene rings is 1. The van der Waals surface area contributed by atoms with E-state index in [1.54, 1.807) is 19.1 Å². The van der Waals surface area contributed by atoms with Gasteiger partial charge in [0.05, 0.1) is 0 Å². The third-order valence-electron chi connectivity index (χ3n) is 4.78. The molecule has 1 aliphatic heterocycles. The second kappa shape index (κ2) is 9.29. The first-order chi connectivity index (χ1) is 13.5. The Morgan fingerprint density at radius 3 is 2.61 bits per heavy atom. The zero-order chi connectivity index (χ0) is 19.9. The third-order valence-corrected chi connectivity index (χ3v) is 4.78. The van der Waals surface area contributed by atoms with Crippen molar-refractivity contribution in [2.45, 2.75) is 38.6 Å². The van der Waals surface area contributed by atoms with Crippen LogP contribution in [-0.4, -0.2) is 46.6 Å². The molecule has 0 spiro atoms. The molecule has 1 fully saturated rings. The van der Waals surface area contributed by atoms with Gasteiger partial charge in [0, 0.05) is 45.4 Å². The van der Waals surface area contributed by atoms with E-state index in [1.165, 1.54) is 12.1 Å². The van der Waals surface area contributed by atoms with Crippen LogP contribution in [0.4, 0.5) is 9.18 Å². The summed E-state index contributed by atoms with van der Waals surface area (Å²) >= 11 is 0. The van der Waals surface area contributed by atoms with Gasteiger partial charge in [-0.25, -0.2) is 9.18 Å². The Balaban J connectivity index is 1.37. The first-order valence-corrected chi connectivity index (χ1v) is 9.35. The maximum absolute atomic E-state index is 12.8. The Morgan fingerprint density at radius 2 is 1.93 bits per heavy atom. The second-order valence-electron chi connectivity index (χ2n) is 6.81. The predicted molar refractivity (Wildman–Crippen MR) is 98.9 cm³/mol. The predicted octanol–water partition coefficient (Wildman–Crippen LogP) is 1.98. The number of nitrogens with one attached hydrogen (secondary N) is 2. The van der Waals surface area contributed by atoms with Gasteiger partial charge in [0.25, 0.3) is 0 Å². The molecule has 3 amide bonds. The molecular formula is C19H24FN5O3. The molecule has 0 atom stereocenters. The highest BCUT2D eigenvalue weighted by Gasteiger charge is 2.25. The second-order valence-corrected chi connectivity index (χ2v) is 6.81. The standard InChI is InChI=1S/C19H24FN5O3/c1-13(26)25-10-7-15(8-11-25)18-23-17(28-24-18)6-9-21-19(27)22-12-14-2-4-16(20)5-3-14/h2-5,15H,6-12H2,1H3,(H2,21,22,27). The van der Waals surface area contributed by atoms with E-state index in [0.717, 1.165) is 18.4 Å². The summed E-state index contributed by atoms with van der Waals surface area (Å²) in [6.07, 6.45) is 2.08. The summed E-state index contributed by atoms with van der Waals surface area (Å²) in [7, 11) is 0. The van der Waals surface area contributed by atoms with Gasteiger partial charge < -0.3 is 20.1 Å². The average Bonchev–Trinajstić information content (AvgIpc) is 3.16. The van der Waals surface area contributed by atoms with Crippen LogP contribution in [0.15, 0.2) is 28.8 Å². The van der Waals surface area contributed by atoms with Gasteiger partial charge in [-0.15, -0.1) is 0 Å². The van der Waals surface area contributed by atoms with E-state index < -0.39 is 0 Å². The van der Waals surface area contributed by atoms with Crippen LogP contribution in [0.2, 0.25) is 0 Å². The fourth-order valence-corrected chi connectivity index (χ4v) is 3.12. The van der Waals surface area contributed by atoms with Crippen molar-refractivity contribution in [1.82, 2.24) is 25.7 Å². The topological polar surface area (TPSA) is 100 Å². The molecule has 2 aromatic rings. The highest BCUT2D eigenvalue weighted by Crippen LogP contribution is 2.25. The fourth-order valence-electron chi connectivity index (χ4n) is 3.12. The maximum Gasteiger partial charge on any atom is 0.315 e. The van der Waals surface area contributed by atoms with E-state index in [-0.39, 0.29) is 23.7 Å². The van der Waals surface area contributed by atoms with Crippen LogP contribution in [0.25, 0.3) is 0 Å². The number of hydrogen-bond acceptors (Lipinski definition) is 5. The van der Waals surface area contributed by atoms with Crippen LogP contribution in [-0.2, 0) is 17.8 Å². The minimum absolute atomic E-state index is 0.0935. The third kappa shape index (κ3) is 5.51. The van der Waals surface area contributed by atoms with Crippen LogP contribution < -0.4 is 10.6 Å². The van der Waals surface area contributed by atoms with Crippen molar-refractivity contribution in [1.29, 1.82) is 0 Å². The van der Waals surface area contributed by atoms with Gasteiger partial charge >= 0.3 is 6.03 Å². The molecule has 0 unspecified atom stereocenters. The Kier molecular flexibility index (Phi) is 6.57. The molecule has 2 N–H and O–H groups in total. The number of rotatable bonds is 6. The van der Waals surface area contributed by atoms with E-state index >= 15 is 0 Å². The van der Waals surface area contributed by atoms with Crippen molar-refractivity contribution in [3.8, 4) is 0 Å². The molecule has 8 nitrogen and oxygen atoms in total. The molecule has 2 heterocycles. The average molecular weight is 389 g/mol. The molecule has 1 aliphatic rings. The Hall–Kier alpha value is -2.97. The van der Waals surface area contributed by atoms with Gasteiger partial charge in [-0.2, -0.15) is 4.98 Å². The van der Waals surface area contributed by atoms with Crippen molar-refractivity contribution in [2.75, 3.05) is 19.6 Å². The number of urea groups is 1. The lowest BCUT2D eigenvalue weighted by atomic mass is 9.96. The molecule has 150 valence electrons. The number of nitrogens with zero attached hydrogens (tertiary/aromatic N) is 3. The summed E-state index contributed by atoms with van der Waals surface area (Å²) in [5.74, 6) is 1.12. The number of aromatic nitrogens is 2. The molecule has 0 radical (unpaired) electrons. The molecule has 1 aromatic carbocycles. The Morgan fingerprint density at radius 1 is 1.21 bits per heavy atom. The van der Waals surface area contributed by atoms with E-state index in [2.05, 4.69) is 20.8 Å². The minimum Gasteiger partial charge on any atom is -0.343 e. The van der Waals surface area contributed by atoms with Crippen molar-refractivity contribution in [3.63, 3.8) is 0 Å². The van der Waals surface area contributed by atoms with E-state index in [9.17, 15) is 14.0 Å². The van der Waals surface area contributed by atoms with E-state index in [4.69, 9.17) is 4.52 Å². The van der Waals surface area contributed by atoms with E-state index in [1.807, 2.05) is 4.90 Å². The first kappa shape index (κ1) is 19.8. The van der Waals surface area contributed by atoms with Gasteiger partial charge in [-0.1, -0.05) is 17.3 Å². The monoisotopic (exact) mass is 389 g/mol. The number of hydrogen-bond donors (Lipinski definition) is 2. The number of amides is 3. The lowest BCUT2D eigenvalue weighted by molar-refractivity contribution is -0.129. The highest BCUT2D eigenvalue weighted by molar-refractivity contribution is 5.74. The van der Waals surface area contributed by atoms with Crippen LogP contribution in [0.3, 0.4) is 0 Å². The molecular weight excluding hydrogens is 365 g/mol. The summed E-state index contributed by atoms with van der Waals surface area (Å²) in [5.41, 5.74) is 0.814. The number of carbonyl (C=O) groups excluding carboxylic acids is 2. The van der Waals surface area contributed by atoms with Crippen LogP contribution >= 0.6 is 0 Å². The smallest absolute Gasteiger partial charge is 0.315 e. The van der Waals surface area contributed by atoms with Crippen molar-refractivity contribution >= 4 is 11.9 Å². The summed E-state index contributed by atoms with van der Waals surface area (Å²) in [6, 6.07) is 5.63. The maximum atomic E-state index is 12.8. The van der Waals surface area contributed by atoms with E-state index in [0.29, 0.717) is 44.3 Å². The lowest BCUT2D eigenvalue weighted by Gasteiger charge is -2.29. The molecule has 9 heteroatoms. The lowest BCUT2D eigenvalue weighted by Crippen LogP contribution is -2.36. The normalized spacial score (nSPS) is 14.7. The summed E-state index contributed by atoms with van der Waals surface area (Å²) in [6.45, 7) is 3.67. The van der Waals surface area contributed by atoms with Crippen LogP contribution in [0.1, 0.15) is 43.0 Å². The van der Waals surface area contributed by atoms with Crippen molar-refractivity contribution in [3.05, 3.63) is 47.4 Å². The Labute approximate surface area is 162 Å². The SMILES string of the molecule is CC(=O)N1CCC(c2noc(CCNC(=O)NCc3ccc(F)cc3)n2)CC1. The zero-order valence-corrected chi connectivity index (χ0v) is 15.8. The molecule has 28 heavy (non-hydrogen) atoms. The van der Waals surface area contributed by atoms with Crippen molar-refractivity contribution in [2.24, 2.45) is 0 Å². The quantitative estimate of drug-likeness (QED) is 0.787. The van der Waals surface area contributed by atoms with Gasteiger partial charge in [-0.05, 0) is 30.5 Å². The van der Waals surface area contributed by atoms with Gasteiger partial charge in [0.1, 0.15) is 5.82 Å². The van der Waals surface area contributed by atoms with Crippen molar-refractivity contribution < 1.29 is 18.5 Å². The molecule has 1 aromatic heterocycles. The highest BCUT2D eigenvalue weighted by atomic mass is 19.1. The van der Waals surface area contributed by atoms with Crippen LogP contribution in [0.5, 0.6) is 0 Å². The first-order valence-electron chi connectivity index (χ1n) is 9.35. The summed E-state index contributed by atoms with van der Waals surface area (Å²) < 4.78 is 18.1. The zero-order valence-electron chi connectivity index (χ0n) is 15.8. The number of piperidine rings is 1. The summed E-state index contributed by atoms with van der Waals surface area (Å²) in [4.78, 5) is 29.4. The van der Waals surface area contributed by atoms with Gasteiger partial charge in [0.2, 0.25) is 11.8 Å². The molecule has 0 aliphatic carbocycles. The molecule has 1 saturated heterocycles. The molecule has 0 bridgehead atoms. The molecule has 0 saturated carbocycles. The van der Waals surface area contributed by atoms with Gasteiger partial charge in [-0.3, -0.25) is 4.79 Å². The number of carbonyl (C=O) groups is 2. The largest absolute Gasteiger partial charge is 0.343 e. The number of likely N-dealkylation sites (tertiary alicyclic amines) is 1. The Bertz CT molecular complexity index is 800. The summed E-state index contributed by atoms with van der Waals surface area (Å²) in [5, 5.41) is 9.47. The molecule has 3 rings (SSSR count). The van der Waals surface area contributed by atoms with Gasteiger partial charge in [0.15, 0.2) is 5.82 Å². The van der Waals surface area contributed by atoms with Crippen LogP contribution in [0, 0.1) is 5.82 Å². The fraction of sp³-hybridized carbons (Fsp3) is 0.474. The number of halogens is 1. The minimum atomic E-state index is -0.319.